The van der Waals surface area contributed by atoms with Gasteiger partial charge in [-0.2, -0.15) is 0 Å². The molecule has 3 aromatic rings. The van der Waals surface area contributed by atoms with Crippen LogP contribution in [0.4, 0.5) is 10.2 Å². The molecular formula is C20H21FN4O2. The molecule has 3 rings (SSSR count). The van der Waals surface area contributed by atoms with E-state index in [4.69, 9.17) is 4.74 Å². The van der Waals surface area contributed by atoms with E-state index in [2.05, 4.69) is 15.3 Å². The number of carbonyl (C=O) groups is 1. The maximum absolute atomic E-state index is 14.3. The lowest BCUT2D eigenvalue weighted by atomic mass is 10.0. The third-order valence-electron chi connectivity index (χ3n) is 4.35. The first-order chi connectivity index (χ1) is 13.0. The molecule has 0 unspecified atom stereocenters. The number of carbonyl (C=O) groups excluding carboxylic acids is 1. The van der Waals surface area contributed by atoms with Gasteiger partial charge >= 0.3 is 0 Å². The molecule has 0 saturated heterocycles. The fraction of sp³-hybridized carbons (Fsp3) is 0.250. The van der Waals surface area contributed by atoms with Crippen LogP contribution in [0, 0.1) is 5.82 Å². The van der Waals surface area contributed by atoms with Gasteiger partial charge < -0.3 is 15.0 Å². The van der Waals surface area contributed by atoms with Crippen LogP contribution in [0.15, 0.2) is 42.7 Å². The average Bonchev–Trinajstić information content (AvgIpc) is 2.68. The Morgan fingerprint density at radius 2 is 1.93 bits per heavy atom. The number of fused-ring (bicyclic) bond motifs is 1. The second-order valence-corrected chi connectivity index (χ2v) is 6.19. The van der Waals surface area contributed by atoms with Crippen LogP contribution >= 0.6 is 0 Å². The number of benzene rings is 2. The summed E-state index contributed by atoms with van der Waals surface area (Å²) in [5.74, 6) is 0.175. The zero-order valence-corrected chi connectivity index (χ0v) is 15.5. The lowest BCUT2D eigenvalue weighted by molar-refractivity contribution is -0.134. The molecule has 0 radical (unpaired) electrons. The molecule has 1 N–H and O–H groups in total. The van der Waals surface area contributed by atoms with Gasteiger partial charge in [-0.1, -0.05) is 12.1 Å². The van der Waals surface area contributed by atoms with E-state index in [0.717, 1.165) is 27.8 Å². The molecule has 27 heavy (non-hydrogen) atoms. The molecule has 6 nitrogen and oxygen atoms in total. The summed E-state index contributed by atoms with van der Waals surface area (Å²) in [5, 5.41) is 3.94. The van der Waals surface area contributed by atoms with Crippen molar-refractivity contribution in [3.63, 3.8) is 0 Å². The summed E-state index contributed by atoms with van der Waals surface area (Å²) in [6.45, 7) is 0.135. The molecule has 0 atom stereocenters. The maximum Gasteiger partial charge on any atom is 0.248 e. The van der Waals surface area contributed by atoms with E-state index in [1.807, 2.05) is 18.2 Å². The van der Waals surface area contributed by atoms with Crippen LogP contribution < -0.4 is 5.32 Å². The third kappa shape index (κ3) is 4.03. The molecule has 0 bridgehead atoms. The summed E-state index contributed by atoms with van der Waals surface area (Å²) >= 11 is 0. The van der Waals surface area contributed by atoms with Crippen molar-refractivity contribution in [1.29, 1.82) is 0 Å². The molecule has 0 spiro atoms. The number of likely N-dealkylation sites (N-methyl/N-ethyl adjacent to an activating group) is 1. The van der Waals surface area contributed by atoms with Crippen molar-refractivity contribution in [2.24, 2.45) is 0 Å². The Hall–Kier alpha value is -3.06. The predicted molar refractivity (Wildman–Crippen MR) is 103 cm³/mol. The fourth-order valence-electron chi connectivity index (χ4n) is 2.89. The Morgan fingerprint density at radius 3 is 2.67 bits per heavy atom. The van der Waals surface area contributed by atoms with Gasteiger partial charge in [0.15, 0.2) is 0 Å². The number of rotatable bonds is 6. The maximum atomic E-state index is 14.3. The Labute approximate surface area is 157 Å². The Balaban J connectivity index is 1.96. The molecule has 140 valence electrons. The minimum Gasteiger partial charge on any atom is -0.375 e. The molecule has 1 amide bonds. The molecule has 1 aromatic heterocycles. The summed E-state index contributed by atoms with van der Waals surface area (Å²) in [5.41, 5.74) is 3.04. The van der Waals surface area contributed by atoms with Crippen molar-refractivity contribution in [2.75, 3.05) is 33.1 Å². The largest absolute Gasteiger partial charge is 0.375 e. The lowest BCUT2D eigenvalue weighted by Gasteiger charge is -2.18. The Morgan fingerprint density at radius 1 is 1.19 bits per heavy atom. The number of hydrogen-bond acceptors (Lipinski definition) is 5. The van der Waals surface area contributed by atoms with Crippen molar-refractivity contribution in [3.8, 4) is 11.1 Å². The highest BCUT2D eigenvalue weighted by Gasteiger charge is 2.13. The first-order valence-corrected chi connectivity index (χ1v) is 8.47. The smallest absolute Gasteiger partial charge is 0.248 e. The molecule has 1 heterocycles. The van der Waals surface area contributed by atoms with Crippen LogP contribution in [-0.4, -0.2) is 48.6 Å². The number of hydrogen-bond donors (Lipinski definition) is 1. The van der Waals surface area contributed by atoms with Gasteiger partial charge in [-0.15, -0.1) is 0 Å². The SMILES string of the molecule is CNc1ncnc2ccc(-c3ccc(F)c(CN(C)C(=O)COC)c3)cc12. The molecule has 0 aliphatic rings. The number of nitrogens with zero attached hydrogens (tertiary/aromatic N) is 3. The van der Waals surface area contributed by atoms with E-state index >= 15 is 0 Å². The van der Waals surface area contributed by atoms with Crippen LogP contribution in [0.1, 0.15) is 5.56 Å². The number of aromatic nitrogens is 2. The predicted octanol–water partition coefficient (Wildman–Crippen LogP) is 3.08. The molecule has 7 heteroatoms. The van der Waals surface area contributed by atoms with Gasteiger partial charge in [0, 0.05) is 38.7 Å². The van der Waals surface area contributed by atoms with Crippen molar-refractivity contribution in [3.05, 3.63) is 54.1 Å². The molecule has 2 aromatic carbocycles. The van der Waals surface area contributed by atoms with E-state index < -0.39 is 0 Å². The zero-order chi connectivity index (χ0) is 19.4. The summed E-state index contributed by atoms with van der Waals surface area (Å²) in [4.78, 5) is 21.8. The third-order valence-corrected chi connectivity index (χ3v) is 4.35. The quantitative estimate of drug-likeness (QED) is 0.724. The number of nitrogens with one attached hydrogen (secondary N) is 1. The summed E-state index contributed by atoms with van der Waals surface area (Å²) in [7, 11) is 4.88. The van der Waals surface area contributed by atoms with Crippen LogP contribution in [0.2, 0.25) is 0 Å². The Kier molecular flexibility index (Phi) is 5.61. The molecular weight excluding hydrogens is 347 g/mol. The fourth-order valence-corrected chi connectivity index (χ4v) is 2.89. The van der Waals surface area contributed by atoms with Crippen molar-refractivity contribution < 1.29 is 13.9 Å². The zero-order valence-electron chi connectivity index (χ0n) is 15.5. The number of anilines is 1. The van der Waals surface area contributed by atoms with Gasteiger partial charge in [0.2, 0.25) is 5.91 Å². The highest BCUT2D eigenvalue weighted by molar-refractivity contribution is 5.92. The van der Waals surface area contributed by atoms with Gasteiger partial charge in [0.1, 0.15) is 24.6 Å². The van der Waals surface area contributed by atoms with E-state index in [1.165, 1.54) is 24.4 Å². The summed E-state index contributed by atoms with van der Waals surface area (Å²) < 4.78 is 19.1. The number of ether oxygens (including phenoxy) is 1. The van der Waals surface area contributed by atoms with E-state index in [1.54, 1.807) is 26.2 Å². The first-order valence-electron chi connectivity index (χ1n) is 8.47. The van der Waals surface area contributed by atoms with Gasteiger partial charge in [-0.25, -0.2) is 14.4 Å². The van der Waals surface area contributed by atoms with E-state index in [9.17, 15) is 9.18 Å². The first kappa shape index (κ1) is 18.7. The van der Waals surface area contributed by atoms with Gasteiger partial charge in [-0.05, 0) is 35.4 Å². The lowest BCUT2D eigenvalue weighted by Crippen LogP contribution is -2.29. The molecule has 0 aliphatic heterocycles. The van der Waals surface area contributed by atoms with Crippen molar-refractivity contribution in [2.45, 2.75) is 6.54 Å². The molecule has 0 fully saturated rings. The minimum atomic E-state index is -0.351. The van der Waals surface area contributed by atoms with Crippen LogP contribution in [-0.2, 0) is 16.1 Å². The van der Waals surface area contributed by atoms with Crippen molar-refractivity contribution in [1.82, 2.24) is 14.9 Å². The van der Waals surface area contributed by atoms with Gasteiger partial charge in [0.05, 0.1) is 5.52 Å². The number of amides is 1. The van der Waals surface area contributed by atoms with Gasteiger partial charge in [0.25, 0.3) is 0 Å². The normalized spacial score (nSPS) is 10.8. The van der Waals surface area contributed by atoms with E-state index in [-0.39, 0.29) is 24.9 Å². The van der Waals surface area contributed by atoms with E-state index in [0.29, 0.717) is 5.56 Å². The second kappa shape index (κ2) is 8.09. The van der Waals surface area contributed by atoms with Crippen LogP contribution in [0.25, 0.3) is 22.0 Å². The Bertz CT molecular complexity index is 977. The molecule has 0 saturated carbocycles. The van der Waals surface area contributed by atoms with Crippen molar-refractivity contribution >= 4 is 22.6 Å². The van der Waals surface area contributed by atoms with Gasteiger partial charge in [-0.3, -0.25) is 4.79 Å². The number of methoxy groups -OCH3 is 1. The topological polar surface area (TPSA) is 67.4 Å². The monoisotopic (exact) mass is 368 g/mol. The average molecular weight is 368 g/mol. The number of halogens is 1. The highest BCUT2D eigenvalue weighted by atomic mass is 19.1. The van der Waals surface area contributed by atoms with Crippen LogP contribution in [0.5, 0.6) is 0 Å². The summed E-state index contributed by atoms with van der Waals surface area (Å²) in [6.07, 6.45) is 1.51. The molecule has 0 aliphatic carbocycles. The standard InChI is InChI=1S/C20H21FN4O2/c1-22-20-16-9-14(5-7-18(16)23-12-24-20)13-4-6-17(21)15(8-13)10-25(2)19(26)11-27-3/h4-9,12H,10-11H2,1-3H3,(H,22,23,24). The minimum absolute atomic E-state index is 0.0325. The van der Waals surface area contributed by atoms with Crippen LogP contribution in [0.3, 0.4) is 0 Å². The summed E-state index contributed by atoms with van der Waals surface area (Å²) in [6, 6.07) is 10.7. The second-order valence-electron chi connectivity index (χ2n) is 6.19. The highest BCUT2D eigenvalue weighted by Crippen LogP contribution is 2.28.